The molecule has 1 nitrogen and oxygen atoms in total. The number of benzene rings is 1. The second-order valence-corrected chi connectivity index (χ2v) is 4.94. The average molecular weight is 232 g/mol. The summed E-state index contributed by atoms with van der Waals surface area (Å²) in [6, 6.07) is 8.16. The lowest BCUT2D eigenvalue weighted by Gasteiger charge is -2.07. The van der Waals surface area contributed by atoms with E-state index in [-0.39, 0.29) is 5.78 Å². The molecule has 0 amide bonds. The first-order valence-electron chi connectivity index (χ1n) is 6.79. The van der Waals surface area contributed by atoms with E-state index in [1.165, 1.54) is 18.4 Å². The standard InChI is InChI=1S/C16H24O/c1-4-6-7-14-8-10-15(11-9-14)16(17)12-13(3)5-2/h8-11,13H,4-7,12H2,1-3H3. The fourth-order valence-electron chi connectivity index (χ4n) is 1.82. The van der Waals surface area contributed by atoms with E-state index in [1.54, 1.807) is 0 Å². The summed E-state index contributed by atoms with van der Waals surface area (Å²) in [7, 11) is 0. The van der Waals surface area contributed by atoms with Crippen LogP contribution in [0, 0.1) is 5.92 Å². The van der Waals surface area contributed by atoms with Crippen molar-refractivity contribution in [2.75, 3.05) is 0 Å². The number of ketones is 1. The molecule has 94 valence electrons. The van der Waals surface area contributed by atoms with E-state index >= 15 is 0 Å². The van der Waals surface area contributed by atoms with Gasteiger partial charge in [-0.2, -0.15) is 0 Å². The molecule has 0 heterocycles. The van der Waals surface area contributed by atoms with E-state index < -0.39 is 0 Å². The highest BCUT2D eigenvalue weighted by Gasteiger charge is 2.09. The highest BCUT2D eigenvalue weighted by atomic mass is 16.1. The van der Waals surface area contributed by atoms with Crippen molar-refractivity contribution in [3.8, 4) is 0 Å². The molecule has 0 fully saturated rings. The summed E-state index contributed by atoms with van der Waals surface area (Å²) in [6.45, 7) is 6.46. The fraction of sp³-hybridized carbons (Fsp3) is 0.562. The van der Waals surface area contributed by atoms with Gasteiger partial charge < -0.3 is 0 Å². The summed E-state index contributed by atoms with van der Waals surface area (Å²) in [5.41, 5.74) is 2.21. The maximum Gasteiger partial charge on any atom is 0.163 e. The number of rotatable bonds is 7. The van der Waals surface area contributed by atoms with Crippen molar-refractivity contribution in [2.45, 2.75) is 52.9 Å². The van der Waals surface area contributed by atoms with Crippen molar-refractivity contribution in [3.05, 3.63) is 35.4 Å². The van der Waals surface area contributed by atoms with Gasteiger partial charge >= 0.3 is 0 Å². The van der Waals surface area contributed by atoms with Gasteiger partial charge in [-0.3, -0.25) is 4.79 Å². The fourth-order valence-corrected chi connectivity index (χ4v) is 1.82. The molecule has 1 heteroatoms. The minimum Gasteiger partial charge on any atom is -0.294 e. The van der Waals surface area contributed by atoms with Crippen LogP contribution in [-0.2, 0) is 6.42 Å². The van der Waals surface area contributed by atoms with Crippen LogP contribution >= 0.6 is 0 Å². The van der Waals surface area contributed by atoms with Gasteiger partial charge in [-0.05, 0) is 24.3 Å². The summed E-state index contributed by atoms with van der Waals surface area (Å²) in [6.07, 6.45) is 5.30. The van der Waals surface area contributed by atoms with Crippen molar-refractivity contribution in [1.29, 1.82) is 0 Å². The van der Waals surface area contributed by atoms with E-state index in [4.69, 9.17) is 0 Å². The van der Waals surface area contributed by atoms with Crippen molar-refractivity contribution in [2.24, 2.45) is 5.92 Å². The first-order valence-corrected chi connectivity index (χ1v) is 6.79. The van der Waals surface area contributed by atoms with E-state index in [0.29, 0.717) is 12.3 Å². The monoisotopic (exact) mass is 232 g/mol. The molecule has 1 rings (SSSR count). The van der Waals surface area contributed by atoms with E-state index in [1.807, 2.05) is 12.1 Å². The number of unbranched alkanes of at least 4 members (excludes halogenated alkanes) is 1. The zero-order chi connectivity index (χ0) is 12.7. The molecule has 0 N–H and O–H groups in total. The number of hydrogen-bond donors (Lipinski definition) is 0. The third kappa shape index (κ3) is 4.72. The lowest BCUT2D eigenvalue weighted by molar-refractivity contribution is 0.0963. The Morgan fingerprint density at radius 3 is 2.35 bits per heavy atom. The summed E-state index contributed by atoms with van der Waals surface area (Å²) in [5.74, 6) is 0.767. The molecule has 0 bridgehead atoms. The topological polar surface area (TPSA) is 17.1 Å². The molecule has 0 aliphatic heterocycles. The van der Waals surface area contributed by atoms with Gasteiger partial charge in [-0.25, -0.2) is 0 Å². The molecule has 0 aliphatic carbocycles. The maximum atomic E-state index is 11.9. The molecule has 0 saturated heterocycles. The zero-order valence-electron chi connectivity index (χ0n) is 11.3. The van der Waals surface area contributed by atoms with Gasteiger partial charge in [0.2, 0.25) is 0 Å². The lowest BCUT2D eigenvalue weighted by Crippen LogP contribution is -2.05. The van der Waals surface area contributed by atoms with Crippen LogP contribution in [0.3, 0.4) is 0 Å². The third-order valence-corrected chi connectivity index (χ3v) is 3.33. The average Bonchev–Trinajstić information content (AvgIpc) is 2.36. The van der Waals surface area contributed by atoms with Gasteiger partial charge in [0.15, 0.2) is 5.78 Å². The number of carbonyl (C=O) groups is 1. The predicted octanol–water partition coefficient (Wildman–Crippen LogP) is 4.65. The van der Waals surface area contributed by atoms with E-state index in [9.17, 15) is 4.79 Å². The van der Waals surface area contributed by atoms with Gasteiger partial charge in [0.25, 0.3) is 0 Å². The van der Waals surface area contributed by atoms with Crippen LogP contribution in [0.5, 0.6) is 0 Å². The Morgan fingerprint density at radius 1 is 1.18 bits per heavy atom. The SMILES string of the molecule is CCCCc1ccc(C(=O)CC(C)CC)cc1. The Kier molecular flexibility index (Phi) is 5.96. The van der Waals surface area contributed by atoms with Crippen molar-refractivity contribution >= 4 is 5.78 Å². The van der Waals surface area contributed by atoms with Crippen LogP contribution < -0.4 is 0 Å². The largest absolute Gasteiger partial charge is 0.294 e. The molecule has 0 aliphatic rings. The van der Waals surface area contributed by atoms with Crippen LogP contribution in [0.4, 0.5) is 0 Å². The van der Waals surface area contributed by atoms with Gasteiger partial charge in [-0.1, -0.05) is 57.9 Å². The minimum absolute atomic E-state index is 0.279. The summed E-state index contributed by atoms with van der Waals surface area (Å²) in [5, 5.41) is 0. The number of hydrogen-bond acceptors (Lipinski definition) is 1. The van der Waals surface area contributed by atoms with Crippen LogP contribution in [0.1, 0.15) is 62.4 Å². The van der Waals surface area contributed by atoms with Gasteiger partial charge in [0.05, 0.1) is 0 Å². The summed E-state index contributed by atoms with van der Waals surface area (Å²) < 4.78 is 0. The smallest absolute Gasteiger partial charge is 0.163 e. The minimum atomic E-state index is 0.279. The molecular weight excluding hydrogens is 208 g/mol. The molecule has 1 unspecified atom stereocenters. The number of carbonyl (C=O) groups excluding carboxylic acids is 1. The Balaban J connectivity index is 2.57. The molecule has 0 radical (unpaired) electrons. The van der Waals surface area contributed by atoms with Gasteiger partial charge in [-0.15, -0.1) is 0 Å². The first-order chi connectivity index (χ1) is 8.17. The molecule has 0 aromatic heterocycles. The Hall–Kier alpha value is -1.11. The van der Waals surface area contributed by atoms with E-state index in [2.05, 4.69) is 32.9 Å². The van der Waals surface area contributed by atoms with Crippen LogP contribution in [0.25, 0.3) is 0 Å². The summed E-state index contributed by atoms with van der Waals surface area (Å²) in [4.78, 5) is 11.9. The predicted molar refractivity (Wildman–Crippen MR) is 73.5 cm³/mol. The van der Waals surface area contributed by atoms with Crippen LogP contribution in [0.2, 0.25) is 0 Å². The Labute approximate surface area is 105 Å². The molecule has 1 aromatic carbocycles. The zero-order valence-corrected chi connectivity index (χ0v) is 11.3. The third-order valence-electron chi connectivity index (χ3n) is 3.33. The highest BCUT2D eigenvalue weighted by molar-refractivity contribution is 5.96. The molecule has 1 atom stereocenters. The van der Waals surface area contributed by atoms with Crippen LogP contribution in [0.15, 0.2) is 24.3 Å². The first kappa shape index (κ1) is 14.0. The van der Waals surface area contributed by atoms with E-state index in [0.717, 1.165) is 18.4 Å². The van der Waals surface area contributed by atoms with Gasteiger partial charge in [0, 0.05) is 12.0 Å². The molecule has 17 heavy (non-hydrogen) atoms. The van der Waals surface area contributed by atoms with Crippen molar-refractivity contribution in [3.63, 3.8) is 0 Å². The number of aryl methyl sites for hydroxylation is 1. The highest BCUT2D eigenvalue weighted by Crippen LogP contribution is 2.14. The molecule has 1 aromatic rings. The second kappa shape index (κ2) is 7.26. The summed E-state index contributed by atoms with van der Waals surface area (Å²) >= 11 is 0. The van der Waals surface area contributed by atoms with Crippen molar-refractivity contribution in [1.82, 2.24) is 0 Å². The second-order valence-electron chi connectivity index (χ2n) is 4.94. The normalized spacial score (nSPS) is 12.4. The maximum absolute atomic E-state index is 11.9. The lowest BCUT2D eigenvalue weighted by atomic mass is 9.97. The molecule has 0 spiro atoms. The Morgan fingerprint density at radius 2 is 1.82 bits per heavy atom. The number of Topliss-reactive ketones (excluding diaryl/α,β-unsaturated/α-hetero) is 1. The Bertz CT molecular complexity index is 337. The van der Waals surface area contributed by atoms with Gasteiger partial charge in [0.1, 0.15) is 0 Å². The molecular formula is C16H24O. The quantitative estimate of drug-likeness (QED) is 0.625. The van der Waals surface area contributed by atoms with Crippen molar-refractivity contribution < 1.29 is 4.79 Å². The molecule has 0 saturated carbocycles. The van der Waals surface area contributed by atoms with Crippen LogP contribution in [-0.4, -0.2) is 5.78 Å².